The van der Waals surface area contributed by atoms with Crippen molar-refractivity contribution in [3.63, 3.8) is 0 Å². The van der Waals surface area contributed by atoms with Crippen molar-refractivity contribution >= 4 is 31.4 Å². The molecule has 0 aliphatic carbocycles. The fourth-order valence-electron chi connectivity index (χ4n) is 2.93. The van der Waals surface area contributed by atoms with Gasteiger partial charge in [0.15, 0.2) is 0 Å². The Bertz CT molecular complexity index is 1300. The van der Waals surface area contributed by atoms with Crippen LogP contribution in [0.25, 0.3) is 0 Å². The number of anilines is 2. The molecule has 8 heteroatoms. The third kappa shape index (κ3) is 4.83. The maximum atomic E-state index is 12.7. The molecule has 0 bridgehead atoms. The van der Waals surface area contributed by atoms with Crippen LogP contribution in [-0.4, -0.2) is 16.8 Å². The van der Waals surface area contributed by atoms with Gasteiger partial charge < -0.3 is 0 Å². The van der Waals surface area contributed by atoms with Gasteiger partial charge in [0.1, 0.15) is 0 Å². The van der Waals surface area contributed by atoms with E-state index in [0.29, 0.717) is 11.3 Å². The molecule has 0 unspecified atom stereocenters. The van der Waals surface area contributed by atoms with E-state index in [1.807, 2.05) is 32.9 Å². The molecular weight excluding hydrogens is 420 g/mol. The van der Waals surface area contributed by atoms with Gasteiger partial charge in [-0.25, -0.2) is 16.8 Å². The van der Waals surface area contributed by atoms with Gasteiger partial charge in [-0.15, -0.1) is 0 Å². The standard InChI is InChI=1S/C22H24N2O4S2/c1-15-5-6-17(3)22(13-15)30(27,28)23-19-9-11-21(12-10-19)29(25,26)24-20-8-7-16(2)18(4)14-20/h5-14,23-24H,1-4H3. The van der Waals surface area contributed by atoms with Crippen molar-refractivity contribution < 1.29 is 16.8 Å². The van der Waals surface area contributed by atoms with E-state index in [1.165, 1.54) is 24.3 Å². The summed E-state index contributed by atoms with van der Waals surface area (Å²) in [5, 5.41) is 0. The Labute approximate surface area is 178 Å². The molecule has 0 spiro atoms. The van der Waals surface area contributed by atoms with Crippen molar-refractivity contribution in [3.05, 3.63) is 82.9 Å². The van der Waals surface area contributed by atoms with Gasteiger partial charge in [-0.05, 0) is 92.4 Å². The molecule has 30 heavy (non-hydrogen) atoms. The molecule has 0 atom stereocenters. The first kappa shape index (κ1) is 21.9. The quantitative estimate of drug-likeness (QED) is 0.585. The Morgan fingerprint density at radius 3 is 1.77 bits per heavy atom. The molecular formula is C22H24N2O4S2. The van der Waals surface area contributed by atoms with Gasteiger partial charge in [-0.1, -0.05) is 18.2 Å². The number of nitrogens with one attached hydrogen (secondary N) is 2. The molecule has 0 saturated heterocycles. The lowest BCUT2D eigenvalue weighted by Crippen LogP contribution is -2.15. The van der Waals surface area contributed by atoms with Crippen LogP contribution < -0.4 is 9.44 Å². The van der Waals surface area contributed by atoms with E-state index in [2.05, 4.69) is 9.44 Å². The van der Waals surface area contributed by atoms with Gasteiger partial charge in [-0.3, -0.25) is 9.44 Å². The number of aryl methyl sites for hydroxylation is 4. The minimum atomic E-state index is -3.80. The fraction of sp³-hybridized carbons (Fsp3) is 0.182. The summed E-state index contributed by atoms with van der Waals surface area (Å²) in [6.07, 6.45) is 0. The minimum Gasteiger partial charge on any atom is -0.280 e. The van der Waals surface area contributed by atoms with Crippen LogP contribution in [0.3, 0.4) is 0 Å². The average Bonchev–Trinajstić information content (AvgIpc) is 2.66. The molecule has 0 saturated carbocycles. The minimum absolute atomic E-state index is 0.0374. The van der Waals surface area contributed by atoms with Gasteiger partial charge in [0.2, 0.25) is 0 Å². The van der Waals surface area contributed by atoms with E-state index in [4.69, 9.17) is 0 Å². The molecule has 0 fully saturated rings. The van der Waals surface area contributed by atoms with Crippen molar-refractivity contribution in [2.45, 2.75) is 37.5 Å². The summed E-state index contributed by atoms with van der Waals surface area (Å²) in [6, 6.07) is 16.1. The van der Waals surface area contributed by atoms with Gasteiger partial charge in [0.25, 0.3) is 20.0 Å². The third-order valence-corrected chi connectivity index (χ3v) is 7.73. The van der Waals surface area contributed by atoms with E-state index < -0.39 is 20.0 Å². The molecule has 3 aromatic carbocycles. The van der Waals surface area contributed by atoms with Crippen molar-refractivity contribution in [1.29, 1.82) is 0 Å². The van der Waals surface area contributed by atoms with Crippen LogP contribution in [0.4, 0.5) is 11.4 Å². The molecule has 158 valence electrons. The van der Waals surface area contributed by atoms with Crippen LogP contribution in [0.2, 0.25) is 0 Å². The lowest BCUT2D eigenvalue weighted by molar-refractivity contribution is 0.599. The van der Waals surface area contributed by atoms with E-state index in [9.17, 15) is 16.8 Å². The van der Waals surface area contributed by atoms with Crippen LogP contribution in [0.1, 0.15) is 22.3 Å². The molecule has 6 nitrogen and oxygen atoms in total. The van der Waals surface area contributed by atoms with Crippen LogP contribution in [0.15, 0.2) is 70.5 Å². The summed E-state index contributed by atoms with van der Waals surface area (Å²) >= 11 is 0. The Morgan fingerprint density at radius 1 is 0.567 bits per heavy atom. The number of rotatable bonds is 6. The smallest absolute Gasteiger partial charge is 0.262 e. The molecule has 2 N–H and O–H groups in total. The predicted octanol–water partition coefficient (Wildman–Crippen LogP) is 4.52. The van der Waals surface area contributed by atoms with Crippen LogP contribution in [-0.2, 0) is 20.0 Å². The molecule has 0 aliphatic rings. The Morgan fingerprint density at radius 2 is 1.13 bits per heavy atom. The highest BCUT2D eigenvalue weighted by molar-refractivity contribution is 7.93. The second kappa shape index (κ2) is 8.12. The van der Waals surface area contributed by atoms with Gasteiger partial charge >= 0.3 is 0 Å². The first-order valence-electron chi connectivity index (χ1n) is 9.28. The maximum Gasteiger partial charge on any atom is 0.262 e. The van der Waals surface area contributed by atoms with Crippen molar-refractivity contribution in [3.8, 4) is 0 Å². The summed E-state index contributed by atoms with van der Waals surface area (Å²) in [5.41, 5.74) is 4.26. The first-order valence-corrected chi connectivity index (χ1v) is 12.2. The monoisotopic (exact) mass is 444 g/mol. The SMILES string of the molecule is Cc1ccc(C)c(S(=O)(=O)Nc2ccc(S(=O)(=O)Nc3ccc(C)c(C)c3)cc2)c1. The summed E-state index contributed by atoms with van der Waals surface area (Å²) in [7, 11) is -7.58. The van der Waals surface area contributed by atoms with Crippen molar-refractivity contribution in [1.82, 2.24) is 0 Å². The Kier molecular flexibility index (Phi) is 5.92. The van der Waals surface area contributed by atoms with Crippen LogP contribution in [0.5, 0.6) is 0 Å². The van der Waals surface area contributed by atoms with Gasteiger partial charge in [-0.2, -0.15) is 0 Å². The molecule has 0 aromatic heterocycles. The van der Waals surface area contributed by atoms with Crippen LogP contribution >= 0.6 is 0 Å². The number of hydrogen-bond donors (Lipinski definition) is 2. The second-order valence-corrected chi connectivity index (χ2v) is 10.6. The summed E-state index contributed by atoms with van der Waals surface area (Å²) in [5.74, 6) is 0. The summed E-state index contributed by atoms with van der Waals surface area (Å²) < 4.78 is 55.8. The molecule has 0 radical (unpaired) electrons. The molecule has 0 heterocycles. The highest BCUT2D eigenvalue weighted by atomic mass is 32.2. The normalized spacial score (nSPS) is 11.9. The van der Waals surface area contributed by atoms with Gasteiger partial charge in [0.05, 0.1) is 9.79 Å². The zero-order chi connectivity index (χ0) is 22.1. The predicted molar refractivity (Wildman–Crippen MR) is 120 cm³/mol. The van der Waals surface area contributed by atoms with Gasteiger partial charge in [0, 0.05) is 11.4 Å². The Hall–Kier alpha value is -2.84. The summed E-state index contributed by atoms with van der Waals surface area (Å²) in [6.45, 7) is 7.40. The zero-order valence-corrected chi connectivity index (χ0v) is 18.9. The average molecular weight is 445 g/mol. The topological polar surface area (TPSA) is 92.3 Å². The largest absolute Gasteiger partial charge is 0.280 e. The summed E-state index contributed by atoms with van der Waals surface area (Å²) in [4.78, 5) is 0.228. The molecule has 3 aromatic rings. The van der Waals surface area contributed by atoms with Crippen LogP contribution in [0, 0.1) is 27.7 Å². The maximum absolute atomic E-state index is 12.7. The lowest BCUT2D eigenvalue weighted by Gasteiger charge is -2.13. The first-order chi connectivity index (χ1) is 14.0. The van der Waals surface area contributed by atoms with E-state index in [0.717, 1.165) is 16.7 Å². The van der Waals surface area contributed by atoms with E-state index >= 15 is 0 Å². The number of benzene rings is 3. The fourth-order valence-corrected chi connectivity index (χ4v) is 5.37. The molecule has 3 rings (SSSR count). The second-order valence-electron chi connectivity index (χ2n) is 7.30. The van der Waals surface area contributed by atoms with E-state index in [-0.39, 0.29) is 15.5 Å². The highest BCUT2D eigenvalue weighted by Gasteiger charge is 2.19. The van der Waals surface area contributed by atoms with E-state index in [1.54, 1.807) is 31.2 Å². The van der Waals surface area contributed by atoms with Crippen molar-refractivity contribution in [2.75, 3.05) is 9.44 Å². The highest BCUT2D eigenvalue weighted by Crippen LogP contribution is 2.23. The number of hydrogen-bond acceptors (Lipinski definition) is 4. The third-order valence-electron chi connectivity index (χ3n) is 4.81. The van der Waals surface area contributed by atoms with Crippen molar-refractivity contribution in [2.24, 2.45) is 0 Å². The number of sulfonamides is 2. The molecule has 0 aliphatic heterocycles. The zero-order valence-electron chi connectivity index (χ0n) is 17.2. The lowest BCUT2D eigenvalue weighted by atomic mass is 10.1. The Balaban J connectivity index is 1.81. The molecule has 0 amide bonds.